The van der Waals surface area contributed by atoms with Crippen LogP contribution in [0.3, 0.4) is 0 Å². The second kappa shape index (κ2) is 7.09. The molecule has 0 heterocycles. The Morgan fingerprint density at radius 1 is 1.35 bits per heavy atom. The van der Waals surface area contributed by atoms with E-state index in [2.05, 4.69) is 5.32 Å². The molecule has 0 unspecified atom stereocenters. The SMILES string of the molecule is CCC[C@H](NC(=O)C=C1CCCCC1)C(=O)O. The van der Waals surface area contributed by atoms with Crippen LogP contribution in [0.2, 0.25) is 0 Å². The third-order valence-corrected chi connectivity index (χ3v) is 3.02. The Hall–Kier alpha value is -1.32. The maximum absolute atomic E-state index is 11.7. The number of allylic oxidation sites excluding steroid dienone is 1. The molecule has 4 heteroatoms. The van der Waals surface area contributed by atoms with Crippen LogP contribution in [0.25, 0.3) is 0 Å². The van der Waals surface area contributed by atoms with Crippen molar-refractivity contribution in [1.82, 2.24) is 5.32 Å². The minimum atomic E-state index is -0.956. The molecule has 96 valence electrons. The van der Waals surface area contributed by atoms with Crippen LogP contribution in [0.4, 0.5) is 0 Å². The normalized spacial score (nSPS) is 17.4. The third kappa shape index (κ3) is 5.02. The predicted octanol–water partition coefficient (Wildman–Crippen LogP) is 2.25. The molecular weight excluding hydrogens is 218 g/mol. The molecule has 1 aliphatic carbocycles. The quantitative estimate of drug-likeness (QED) is 0.723. The zero-order valence-corrected chi connectivity index (χ0v) is 10.4. The number of amides is 1. The third-order valence-electron chi connectivity index (χ3n) is 3.02. The fourth-order valence-corrected chi connectivity index (χ4v) is 2.10. The van der Waals surface area contributed by atoms with Crippen molar-refractivity contribution in [2.75, 3.05) is 0 Å². The molecule has 0 aromatic heterocycles. The minimum Gasteiger partial charge on any atom is -0.480 e. The van der Waals surface area contributed by atoms with Gasteiger partial charge in [0.1, 0.15) is 6.04 Å². The summed E-state index contributed by atoms with van der Waals surface area (Å²) in [6.45, 7) is 1.90. The zero-order chi connectivity index (χ0) is 12.7. The Morgan fingerprint density at radius 3 is 2.53 bits per heavy atom. The van der Waals surface area contributed by atoms with Gasteiger partial charge in [0.25, 0.3) is 0 Å². The molecule has 0 bridgehead atoms. The first-order chi connectivity index (χ1) is 8.13. The molecule has 1 saturated carbocycles. The lowest BCUT2D eigenvalue weighted by Crippen LogP contribution is -2.40. The molecule has 0 aromatic rings. The van der Waals surface area contributed by atoms with Gasteiger partial charge in [0.05, 0.1) is 0 Å². The minimum absolute atomic E-state index is 0.261. The molecule has 0 saturated heterocycles. The molecule has 0 radical (unpaired) electrons. The topological polar surface area (TPSA) is 66.4 Å². The van der Waals surface area contributed by atoms with Gasteiger partial charge >= 0.3 is 5.97 Å². The molecule has 1 atom stereocenters. The molecule has 17 heavy (non-hydrogen) atoms. The smallest absolute Gasteiger partial charge is 0.326 e. The number of hydrogen-bond acceptors (Lipinski definition) is 2. The molecule has 1 amide bonds. The van der Waals surface area contributed by atoms with Crippen molar-refractivity contribution >= 4 is 11.9 Å². The summed E-state index contributed by atoms with van der Waals surface area (Å²) in [5, 5.41) is 11.5. The van der Waals surface area contributed by atoms with E-state index in [-0.39, 0.29) is 5.91 Å². The highest BCUT2D eigenvalue weighted by atomic mass is 16.4. The second-order valence-corrected chi connectivity index (χ2v) is 4.55. The van der Waals surface area contributed by atoms with Crippen molar-refractivity contribution in [3.05, 3.63) is 11.6 Å². The lowest BCUT2D eigenvalue weighted by molar-refractivity contribution is -0.141. The van der Waals surface area contributed by atoms with Crippen LogP contribution in [0.5, 0.6) is 0 Å². The van der Waals surface area contributed by atoms with Gasteiger partial charge in [-0.05, 0) is 32.1 Å². The summed E-state index contributed by atoms with van der Waals surface area (Å²) in [4.78, 5) is 22.5. The van der Waals surface area contributed by atoms with Crippen molar-refractivity contribution in [1.29, 1.82) is 0 Å². The number of carbonyl (C=O) groups excluding carboxylic acids is 1. The van der Waals surface area contributed by atoms with Crippen molar-refractivity contribution in [2.24, 2.45) is 0 Å². The van der Waals surface area contributed by atoms with Gasteiger partial charge in [-0.2, -0.15) is 0 Å². The van der Waals surface area contributed by atoms with Crippen molar-refractivity contribution in [3.63, 3.8) is 0 Å². The first-order valence-corrected chi connectivity index (χ1v) is 6.36. The second-order valence-electron chi connectivity index (χ2n) is 4.55. The number of carbonyl (C=O) groups is 2. The first-order valence-electron chi connectivity index (χ1n) is 6.36. The lowest BCUT2D eigenvalue weighted by Gasteiger charge is -2.15. The Morgan fingerprint density at radius 2 is 2.00 bits per heavy atom. The number of hydrogen-bond donors (Lipinski definition) is 2. The van der Waals surface area contributed by atoms with E-state index in [1.165, 1.54) is 6.42 Å². The van der Waals surface area contributed by atoms with Gasteiger partial charge in [-0.15, -0.1) is 0 Å². The van der Waals surface area contributed by atoms with Gasteiger partial charge in [0.15, 0.2) is 0 Å². The summed E-state index contributed by atoms with van der Waals surface area (Å²) in [6.07, 6.45) is 8.25. The van der Waals surface area contributed by atoms with E-state index in [0.717, 1.165) is 37.7 Å². The summed E-state index contributed by atoms with van der Waals surface area (Å²) in [6, 6.07) is -0.757. The van der Waals surface area contributed by atoms with Crippen LogP contribution < -0.4 is 5.32 Å². The molecule has 2 N–H and O–H groups in total. The lowest BCUT2D eigenvalue weighted by atomic mass is 9.94. The number of aliphatic carboxylic acids is 1. The van der Waals surface area contributed by atoms with E-state index in [0.29, 0.717) is 6.42 Å². The average Bonchev–Trinajstić information content (AvgIpc) is 2.29. The van der Waals surface area contributed by atoms with Gasteiger partial charge in [-0.25, -0.2) is 4.79 Å². The summed E-state index contributed by atoms with van der Waals surface area (Å²) in [5.74, 6) is -1.22. The predicted molar refractivity (Wildman–Crippen MR) is 65.6 cm³/mol. The summed E-state index contributed by atoms with van der Waals surface area (Å²) >= 11 is 0. The Bertz CT molecular complexity index is 302. The van der Waals surface area contributed by atoms with E-state index in [1.807, 2.05) is 6.92 Å². The standard InChI is InChI=1S/C13H21NO3/c1-2-6-11(13(16)17)14-12(15)9-10-7-4-3-5-8-10/h9,11H,2-8H2,1H3,(H,14,15)(H,16,17)/t11-/m0/s1. The average molecular weight is 239 g/mol. The maximum atomic E-state index is 11.7. The van der Waals surface area contributed by atoms with E-state index >= 15 is 0 Å². The fraction of sp³-hybridized carbons (Fsp3) is 0.692. The summed E-state index contributed by atoms with van der Waals surface area (Å²) < 4.78 is 0. The number of carboxylic acids is 1. The van der Waals surface area contributed by atoms with Crippen LogP contribution in [0.15, 0.2) is 11.6 Å². The van der Waals surface area contributed by atoms with Crippen LogP contribution >= 0.6 is 0 Å². The monoisotopic (exact) mass is 239 g/mol. The molecular formula is C13H21NO3. The van der Waals surface area contributed by atoms with Crippen molar-refractivity contribution in [2.45, 2.75) is 57.9 Å². The van der Waals surface area contributed by atoms with E-state index in [9.17, 15) is 9.59 Å². The van der Waals surface area contributed by atoms with Gasteiger partial charge in [-0.1, -0.05) is 25.3 Å². The Balaban J connectivity index is 2.48. The Labute approximate surface area is 102 Å². The number of rotatable bonds is 5. The van der Waals surface area contributed by atoms with Crippen LogP contribution in [0, 0.1) is 0 Å². The van der Waals surface area contributed by atoms with Gasteiger partial charge < -0.3 is 10.4 Å². The Kier molecular flexibility index (Phi) is 5.73. The molecule has 0 aromatic carbocycles. The highest BCUT2D eigenvalue weighted by Crippen LogP contribution is 2.22. The molecule has 1 fully saturated rings. The van der Waals surface area contributed by atoms with Crippen LogP contribution in [-0.4, -0.2) is 23.0 Å². The first kappa shape index (κ1) is 13.7. The molecule has 0 spiro atoms. The highest BCUT2D eigenvalue weighted by molar-refractivity contribution is 5.91. The largest absolute Gasteiger partial charge is 0.480 e. The fourth-order valence-electron chi connectivity index (χ4n) is 2.10. The number of carboxylic acid groups (broad SMARTS) is 1. The van der Waals surface area contributed by atoms with Crippen LogP contribution in [-0.2, 0) is 9.59 Å². The molecule has 1 aliphatic rings. The molecule has 1 rings (SSSR count). The zero-order valence-electron chi connectivity index (χ0n) is 10.4. The number of nitrogens with one attached hydrogen (secondary N) is 1. The summed E-state index contributed by atoms with van der Waals surface area (Å²) in [5.41, 5.74) is 1.15. The maximum Gasteiger partial charge on any atom is 0.326 e. The summed E-state index contributed by atoms with van der Waals surface area (Å²) in [7, 11) is 0. The van der Waals surface area contributed by atoms with E-state index < -0.39 is 12.0 Å². The van der Waals surface area contributed by atoms with Crippen molar-refractivity contribution in [3.8, 4) is 0 Å². The van der Waals surface area contributed by atoms with Crippen LogP contribution in [0.1, 0.15) is 51.9 Å². The molecule has 0 aliphatic heterocycles. The van der Waals surface area contributed by atoms with Crippen molar-refractivity contribution < 1.29 is 14.7 Å². The van der Waals surface area contributed by atoms with Gasteiger partial charge in [0, 0.05) is 6.08 Å². The van der Waals surface area contributed by atoms with Gasteiger partial charge in [0.2, 0.25) is 5.91 Å². The highest BCUT2D eigenvalue weighted by Gasteiger charge is 2.18. The van der Waals surface area contributed by atoms with E-state index in [4.69, 9.17) is 5.11 Å². The molecule has 4 nitrogen and oxygen atoms in total. The van der Waals surface area contributed by atoms with Gasteiger partial charge in [-0.3, -0.25) is 4.79 Å². The van der Waals surface area contributed by atoms with E-state index in [1.54, 1.807) is 6.08 Å².